The molecule has 0 saturated carbocycles. The third-order valence-corrected chi connectivity index (χ3v) is 6.33. The molecule has 0 unspecified atom stereocenters. The Balaban J connectivity index is 0.000000319. The topological polar surface area (TPSA) is 0 Å². The van der Waals surface area contributed by atoms with E-state index in [9.17, 15) is 0 Å². The molecule has 1 aliphatic carbocycles. The second-order valence-corrected chi connectivity index (χ2v) is 10.3. The number of halogens is 2. The fourth-order valence-electron chi connectivity index (χ4n) is 3.78. The number of fused-ring (bicyclic) bond motifs is 3. The molecule has 0 spiro atoms. The van der Waals surface area contributed by atoms with E-state index in [1.165, 1.54) is 42.0 Å². The second-order valence-electron chi connectivity index (χ2n) is 9.14. The van der Waals surface area contributed by atoms with Crippen LogP contribution in [0, 0.1) is 6.08 Å². The van der Waals surface area contributed by atoms with Crippen molar-refractivity contribution < 1.29 is 44.8 Å². The molecule has 0 fully saturated rings. The maximum absolute atomic E-state index is 2.99. The number of benzene rings is 3. The molecule has 0 nitrogen and oxygen atoms in total. The Bertz CT molecular complexity index is 1190. The van der Waals surface area contributed by atoms with Crippen LogP contribution in [0.1, 0.15) is 69.6 Å². The zero-order chi connectivity index (χ0) is 23.8. The van der Waals surface area contributed by atoms with Crippen LogP contribution in [-0.2, 0) is 20.0 Å². The molecule has 0 amide bonds. The van der Waals surface area contributed by atoms with E-state index in [1.54, 1.807) is 0 Å². The van der Waals surface area contributed by atoms with E-state index in [-0.39, 0.29) is 24.8 Å². The summed E-state index contributed by atoms with van der Waals surface area (Å²) < 4.78 is 1.37. The maximum atomic E-state index is 2.99. The van der Waals surface area contributed by atoms with E-state index in [2.05, 4.69) is 133 Å². The summed E-state index contributed by atoms with van der Waals surface area (Å²) >= 11 is 2.12. The summed E-state index contributed by atoms with van der Waals surface area (Å²) in [7, 11) is 0. The normalized spacial score (nSPS) is 11.5. The smallest absolute Gasteiger partial charge is 0.109 e. The Kier molecular flexibility index (Phi) is 13.7. The minimum atomic E-state index is 0. The van der Waals surface area contributed by atoms with Crippen molar-refractivity contribution in [3.63, 3.8) is 0 Å². The van der Waals surface area contributed by atoms with Gasteiger partial charge in [0.1, 0.15) is 0 Å². The van der Waals surface area contributed by atoms with Gasteiger partial charge in [-0.25, -0.2) is 12.2 Å². The predicted molar refractivity (Wildman–Crippen MR) is 143 cm³/mol. The molecule has 0 heterocycles. The molecule has 5 rings (SSSR count). The molecule has 4 aromatic rings. The molecule has 1 aliphatic rings. The third kappa shape index (κ3) is 8.96. The fraction of sp³-hybridized carbons (Fsp3) is 0.250. The molecule has 3 heteroatoms. The van der Waals surface area contributed by atoms with Gasteiger partial charge < -0.3 is 24.8 Å². The zero-order valence-electron chi connectivity index (χ0n) is 21.3. The van der Waals surface area contributed by atoms with Crippen LogP contribution in [0.5, 0.6) is 0 Å². The van der Waals surface area contributed by atoms with Gasteiger partial charge in [0, 0.05) is 0 Å². The van der Waals surface area contributed by atoms with Crippen LogP contribution in [0.4, 0.5) is 0 Å². The first-order valence-electron chi connectivity index (χ1n) is 11.8. The van der Waals surface area contributed by atoms with Crippen LogP contribution in [0.25, 0.3) is 21.5 Å². The molecule has 35 heavy (non-hydrogen) atoms. The van der Waals surface area contributed by atoms with Crippen LogP contribution in [-0.4, -0.2) is 3.81 Å². The maximum Gasteiger partial charge on any atom is -0.109 e. The monoisotopic (exact) mass is 536 g/mol. The number of allylic oxidation sites excluding steroid dienone is 4. The molecule has 0 aliphatic heterocycles. The fourth-order valence-corrected chi connectivity index (χ4v) is 4.04. The van der Waals surface area contributed by atoms with Crippen molar-refractivity contribution in [1.29, 1.82) is 0 Å². The van der Waals surface area contributed by atoms with Crippen LogP contribution >= 0.6 is 0 Å². The van der Waals surface area contributed by atoms with Crippen molar-refractivity contribution in [2.75, 3.05) is 0 Å². The number of hydrogen-bond acceptors (Lipinski definition) is 0. The SMILES string of the molecule is CC(C)c1ccc2[cH-]c3ccc(C(C)C)cc3c2c1.C[C](=[Ti+2])c1ccccc1.[C-]1=CC=CC1.[Cl-].[Cl-]. The van der Waals surface area contributed by atoms with E-state index in [1.807, 2.05) is 18.2 Å². The first-order chi connectivity index (χ1) is 15.9. The van der Waals surface area contributed by atoms with E-state index in [0.29, 0.717) is 11.8 Å². The van der Waals surface area contributed by atoms with Gasteiger partial charge in [0.2, 0.25) is 0 Å². The van der Waals surface area contributed by atoms with Crippen LogP contribution < -0.4 is 24.8 Å². The molecular weight excluding hydrogens is 503 g/mol. The molecule has 182 valence electrons. The van der Waals surface area contributed by atoms with E-state index < -0.39 is 0 Å². The van der Waals surface area contributed by atoms with Gasteiger partial charge in [-0.15, -0.1) is 46.2 Å². The standard InChI is InChI=1S/C19H21.C8H8.C5H5.2ClH.Ti/c1-12(2)14-5-7-16-9-17-8-6-15(13(3)4)11-19(17)18(16)10-14;1-2-8-6-4-3-5-7-8;1-2-4-5-3-1;;;/h5-13H,1-4H3;3-7H,1H3;1-3H,4H2;2*1H;/q-1;;-1;;;+2/p-2. The zero-order valence-corrected chi connectivity index (χ0v) is 24.4. The summed E-state index contributed by atoms with van der Waals surface area (Å²) in [6.45, 7) is 11.1. The van der Waals surface area contributed by atoms with Gasteiger partial charge in [-0.2, -0.15) is 6.08 Å². The van der Waals surface area contributed by atoms with Crippen LogP contribution in [0.15, 0.2) is 91.0 Å². The van der Waals surface area contributed by atoms with Gasteiger partial charge in [0.05, 0.1) is 0 Å². The van der Waals surface area contributed by atoms with Crippen LogP contribution in [0.2, 0.25) is 0 Å². The van der Waals surface area contributed by atoms with Crippen molar-refractivity contribution in [1.82, 2.24) is 0 Å². The Labute approximate surface area is 235 Å². The van der Waals surface area contributed by atoms with Gasteiger partial charge in [0.25, 0.3) is 0 Å². The summed E-state index contributed by atoms with van der Waals surface area (Å²) in [5.41, 5.74) is 4.18. The second kappa shape index (κ2) is 15.3. The van der Waals surface area contributed by atoms with Crippen molar-refractivity contribution in [2.45, 2.75) is 52.9 Å². The minimum absolute atomic E-state index is 0. The molecule has 0 N–H and O–H groups in total. The quantitative estimate of drug-likeness (QED) is 0.279. The van der Waals surface area contributed by atoms with Gasteiger partial charge in [-0.1, -0.05) is 63.1 Å². The largest absolute Gasteiger partial charge is 1.00 e. The molecule has 0 atom stereocenters. The summed E-state index contributed by atoms with van der Waals surface area (Å²) in [6.07, 6.45) is 10.0. The van der Waals surface area contributed by atoms with Gasteiger partial charge in [-0.3, -0.25) is 6.08 Å². The summed E-state index contributed by atoms with van der Waals surface area (Å²) in [6, 6.07) is 26.5. The molecule has 0 bridgehead atoms. The van der Waals surface area contributed by atoms with Crippen molar-refractivity contribution in [2.24, 2.45) is 0 Å². The minimum Gasteiger partial charge on any atom is -1.00 e. The van der Waals surface area contributed by atoms with Gasteiger partial charge in [0.15, 0.2) is 0 Å². The summed E-state index contributed by atoms with van der Waals surface area (Å²) in [4.78, 5) is 0. The molecular formula is C32H34Cl2Ti-2. The van der Waals surface area contributed by atoms with E-state index >= 15 is 0 Å². The molecule has 0 radical (unpaired) electrons. The van der Waals surface area contributed by atoms with Crippen LogP contribution in [0.3, 0.4) is 0 Å². The van der Waals surface area contributed by atoms with Crippen molar-refractivity contribution >= 4 is 25.4 Å². The predicted octanol–water partition coefficient (Wildman–Crippen LogP) is 3.05. The molecule has 0 saturated heterocycles. The van der Waals surface area contributed by atoms with Gasteiger partial charge >= 0.3 is 66.6 Å². The average molecular weight is 537 g/mol. The molecule has 4 aromatic carbocycles. The van der Waals surface area contributed by atoms with Crippen molar-refractivity contribution in [3.05, 3.63) is 114 Å². The van der Waals surface area contributed by atoms with Crippen molar-refractivity contribution in [3.8, 4) is 0 Å². The Morgan fingerprint density at radius 3 is 1.63 bits per heavy atom. The Morgan fingerprint density at radius 1 is 0.800 bits per heavy atom. The Hall–Kier alpha value is -1.83. The first-order valence-corrected chi connectivity index (χ1v) is 12.6. The van der Waals surface area contributed by atoms with Gasteiger partial charge in [-0.05, 0) is 11.8 Å². The molecule has 0 aromatic heterocycles. The third-order valence-electron chi connectivity index (χ3n) is 5.88. The average Bonchev–Trinajstić information content (AvgIpc) is 3.51. The number of hydrogen-bond donors (Lipinski definition) is 0. The van der Waals surface area contributed by atoms with E-state index in [4.69, 9.17) is 0 Å². The summed E-state index contributed by atoms with van der Waals surface area (Å²) in [5.74, 6) is 1.17. The number of rotatable bonds is 3. The first kappa shape index (κ1) is 31.2. The Morgan fingerprint density at radius 2 is 1.31 bits per heavy atom. The summed E-state index contributed by atoms with van der Waals surface area (Å²) in [5, 5.41) is 5.54. The van der Waals surface area contributed by atoms with E-state index in [0.717, 1.165) is 6.42 Å².